The molecule has 1 aromatic rings. The van der Waals surface area contributed by atoms with E-state index >= 15 is 0 Å². The van der Waals surface area contributed by atoms with Crippen LogP contribution in [-0.2, 0) is 4.74 Å². The van der Waals surface area contributed by atoms with Crippen molar-refractivity contribution in [3.05, 3.63) is 29.6 Å². The van der Waals surface area contributed by atoms with Crippen LogP contribution in [0, 0.1) is 5.82 Å². The number of aldehydes is 1. The van der Waals surface area contributed by atoms with Crippen LogP contribution in [0.1, 0.15) is 17.3 Å². The number of likely N-dealkylation sites (N-methyl/N-ethyl adjacent to an activating group) is 1. The van der Waals surface area contributed by atoms with E-state index in [4.69, 9.17) is 4.74 Å². The fraction of sp³-hybridized carbons (Fsp3) is 0.417. The Labute approximate surface area is 94.8 Å². The van der Waals surface area contributed by atoms with E-state index in [-0.39, 0.29) is 5.82 Å². The molecule has 0 radical (unpaired) electrons. The van der Waals surface area contributed by atoms with Crippen LogP contribution in [0.5, 0.6) is 0 Å². The van der Waals surface area contributed by atoms with Crippen LogP contribution >= 0.6 is 0 Å². The number of hydrogen-bond donors (Lipinski definition) is 0. The molecular formula is C12H16FNO2. The smallest absolute Gasteiger partial charge is 0.150 e. The summed E-state index contributed by atoms with van der Waals surface area (Å²) in [6, 6.07) is 4.44. The monoisotopic (exact) mass is 225 g/mol. The summed E-state index contributed by atoms with van der Waals surface area (Å²) in [5.74, 6) is -0.386. The minimum Gasteiger partial charge on any atom is -0.380 e. The van der Waals surface area contributed by atoms with Gasteiger partial charge in [0.15, 0.2) is 0 Å². The summed E-state index contributed by atoms with van der Waals surface area (Å²) in [7, 11) is 1.79. The molecule has 0 amide bonds. The number of rotatable bonds is 6. The molecule has 1 aromatic carbocycles. The average molecular weight is 225 g/mol. The quantitative estimate of drug-likeness (QED) is 0.548. The van der Waals surface area contributed by atoms with E-state index in [0.717, 1.165) is 0 Å². The predicted octanol–water partition coefficient (Wildman–Crippen LogP) is 2.11. The maximum atomic E-state index is 13.6. The number of halogens is 1. The van der Waals surface area contributed by atoms with Crippen molar-refractivity contribution in [2.45, 2.75) is 6.92 Å². The number of benzene rings is 1. The number of nitrogens with zero attached hydrogens (tertiary/aromatic N) is 1. The zero-order valence-corrected chi connectivity index (χ0v) is 9.57. The second-order valence-electron chi connectivity index (χ2n) is 3.45. The minimum atomic E-state index is -0.386. The van der Waals surface area contributed by atoms with Crippen LogP contribution in [-0.4, -0.2) is 33.1 Å². The highest BCUT2D eigenvalue weighted by Gasteiger charge is 2.07. The Balaban J connectivity index is 2.68. The molecule has 0 aliphatic heterocycles. The first-order chi connectivity index (χ1) is 7.69. The maximum Gasteiger partial charge on any atom is 0.150 e. The van der Waals surface area contributed by atoms with Crippen molar-refractivity contribution in [2.75, 3.05) is 31.7 Å². The molecule has 16 heavy (non-hydrogen) atoms. The summed E-state index contributed by atoms with van der Waals surface area (Å²) >= 11 is 0. The molecule has 0 bridgehead atoms. The summed E-state index contributed by atoms with van der Waals surface area (Å²) in [5.41, 5.74) is 0.824. The van der Waals surface area contributed by atoms with Crippen LogP contribution in [0.3, 0.4) is 0 Å². The first-order valence-electron chi connectivity index (χ1n) is 5.22. The van der Waals surface area contributed by atoms with Crippen molar-refractivity contribution in [3.8, 4) is 0 Å². The van der Waals surface area contributed by atoms with Crippen LogP contribution in [0.25, 0.3) is 0 Å². The van der Waals surface area contributed by atoms with Gasteiger partial charge in [0.1, 0.15) is 12.1 Å². The molecular weight excluding hydrogens is 209 g/mol. The van der Waals surface area contributed by atoms with E-state index in [2.05, 4.69) is 0 Å². The van der Waals surface area contributed by atoms with Gasteiger partial charge in [-0.05, 0) is 25.1 Å². The number of ether oxygens (including phenoxy) is 1. The summed E-state index contributed by atoms with van der Waals surface area (Å²) in [6.45, 7) is 3.74. The number of hydrogen-bond acceptors (Lipinski definition) is 3. The average Bonchev–Trinajstić information content (AvgIpc) is 2.29. The molecule has 1 rings (SSSR count). The van der Waals surface area contributed by atoms with Crippen LogP contribution in [0.2, 0.25) is 0 Å². The third-order valence-corrected chi connectivity index (χ3v) is 2.29. The first kappa shape index (κ1) is 12.6. The van der Waals surface area contributed by atoms with Gasteiger partial charge in [-0.25, -0.2) is 4.39 Å². The molecule has 0 atom stereocenters. The maximum absolute atomic E-state index is 13.6. The molecule has 0 fully saturated rings. The highest BCUT2D eigenvalue weighted by atomic mass is 19.1. The standard InChI is InChI=1S/C12H16FNO2/c1-3-16-7-6-14(2)12-5-4-10(9-15)8-11(12)13/h4-5,8-9H,3,6-7H2,1-2H3. The number of carbonyl (C=O) groups is 1. The second-order valence-corrected chi connectivity index (χ2v) is 3.45. The van der Waals surface area contributed by atoms with E-state index in [9.17, 15) is 9.18 Å². The summed E-state index contributed by atoms with van der Waals surface area (Å²) < 4.78 is 18.7. The van der Waals surface area contributed by atoms with Gasteiger partial charge in [0.2, 0.25) is 0 Å². The SMILES string of the molecule is CCOCCN(C)c1ccc(C=O)cc1F. The summed E-state index contributed by atoms with van der Waals surface area (Å²) in [4.78, 5) is 12.2. The molecule has 88 valence electrons. The van der Waals surface area contributed by atoms with Gasteiger partial charge in [0.05, 0.1) is 12.3 Å². The molecule has 0 aromatic heterocycles. The van der Waals surface area contributed by atoms with E-state index in [1.54, 1.807) is 24.1 Å². The fourth-order valence-corrected chi connectivity index (χ4v) is 1.37. The van der Waals surface area contributed by atoms with Gasteiger partial charge in [-0.1, -0.05) is 0 Å². The van der Waals surface area contributed by atoms with E-state index in [1.807, 2.05) is 6.92 Å². The van der Waals surface area contributed by atoms with Crippen LogP contribution < -0.4 is 4.90 Å². The molecule has 3 nitrogen and oxygen atoms in total. The van der Waals surface area contributed by atoms with Gasteiger partial charge >= 0.3 is 0 Å². The summed E-state index contributed by atoms with van der Waals surface area (Å²) in [5, 5.41) is 0. The van der Waals surface area contributed by atoms with Crippen LogP contribution in [0.15, 0.2) is 18.2 Å². The lowest BCUT2D eigenvalue weighted by atomic mass is 10.2. The van der Waals surface area contributed by atoms with Crippen molar-refractivity contribution in [1.82, 2.24) is 0 Å². The largest absolute Gasteiger partial charge is 0.380 e. The van der Waals surface area contributed by atoms with Crippen LogP contribution in [0.4, 0.5) is 10.1 Å². The molecule has 0 aliphatic carbocycles. The molecule has 0 saturated heterocycles. The topological polar surface area (TPSA) is 29.5 Å². The Bertz CT molecular complexity index is 355. The van der Waals surface area contributed by atoms with Crippen molar-refractivity contribution in [1.29, 1.82) is 0 Å². The van der Waals surface area contributed by atoms with Gasteiger partial charge < -0.3 is 9.64 Å². The highest BCUT2D eigenvalue weighted by molar-refractivity contribution is 5.75. The molecule has 0 aliphatic rings. The van der Waals surface area contributed by atoms with Gasteiger partial charge in [-0.2, -0.15) is 0 Å². The Morgan fingerprint density at radius 2 is 2.25 bits per heavy atom. The zero-order valence-electron chi connectivity index (χ0n) is 9.57. The molecule has 0 saturated carbocycles. The van der Waals surface area contributed by atoms with Crippen molar-refractivity contribution < 1.29 is 13.9 Å². The normalized spacial score (nSPS) is 10.2. The third kappa shape index (κ3) is 3.31. The third-order valence-electron chi connectivity index (χ3n) is 2.29. The fourth-order valence-electron chi connectivity index (χ4n) is 1.37. The van der Waals surface area contributed by atoms with Crippen molar-refractivity contribution >= 4 is 12.0 Å². The number of carbonyl (C=O) groups excluding carboxylic acids is 1. The first-order valence-corrected chi connectivity index (χ1v) is 5.22. The van der Waals surface area contributed by atoms with E-state index < -0.39 is 0 Å². The van der Waals surface area contributed by atoms with E-state index in [0.29, 0.717) is 37.3 Å². The lowest BCUT2D eigenvalue weighted by Crippen LogP contribution is -2.23. The molecule has 0 N–H and O–H groups in total. The minimum absolute atomic E-state index is 0.347. The lowest BCUT2D eigenvalue weighted by molar-refractivity contribution is 0.112. The number of anilines is 1. The van der Waals surface area contributed by atoms with Crippen molar-refractivity contribution in [2.24, 2.45) is 0 Å². The van der Waals surface area contributed by atoms with Gasteiger partial charge in [-0.3, -0.25) is 4.79 Å². The predicted molar refractivity (Wildman–Crippen MR) is 61.6 cm³/mol. The van der Waals surface area contributed by atoms with E-state index in [1.165, 1.54) is 6.07 Å². The molecule has 0 heterocycles. The van der Waals surface area contributed by atoms with Gasteiger partial charge in [-0.15, -0.1) is 0 Å². The Hall–Kier alpha value is -1.42. The molecule has 0 spiro atoms. The Kier molecular flexibility index (Phi) is 4.92. The van der Waals surface area contributed by atoms with Crippen molar-refractivity contribution in [3.63, 3.8) is 0 Å². The van der Waals surface area contributed by atoms with Gasteiger partial charge in [0, 0.05) is 25.8 Å². The lowest BCUT2D eigenvalue weighted by Gasteiger charge is -2.19. The Morgan fingerprint density at radius 1 is 1.50 bits per heavy atom. The second kappa shape index (κ2) is 6.23. The molecule has 0 unspecified atom stereocenters. The summed E-state index contributed by atoms with van der Waals surface area (Å²) in [6.07, 6.45) is 0.632. The highest BCUT2D eigenvalue weighted by Crippen LogP contribution is 2.18. The zero-order chi connectivity index (χ0) is 12.0. The van der Waals surface area contributed by atoms with Gasteiger partial charge in [0.25, 0.3) is 0 Å². The molecule has 4 heteroatoms. The Morgan fingerprint density at radius 3 is 2.81 bits per heavy atom.